The summed E-state index contributed by atoms with van der Waals surface area (Å²) in [6.45, 7) is 6.76. The normalized spacial score (nSPS) is 10.6. The van der Waals surface area contributed by atoms with E-state index in [-0.39, 0.29) is 12.5 Å². The minimum absolute atomic E-state index is 0.125. The first-order chi connectivity index (χ1) is 11.0. The fraction of sp³-hybridized carbons (Fsp3) is 0.353. The van der Waals surface area contributed by atoms with Gasteiger partial charge < -0.3 is 5.32 Å². The maximum absolute atomic E-state index is 12.3. The number of pyridine rings is 1. The van der Waals surface area contributed by atoms with Gasteiger partial charge in [0.1, 0.15) is 0 Å². The molecular weight excluding hydrogens is 290 g/mol. The zero-order valence-corrected chi connectivity index (χ0v) is 13.7. The van der Waals surface area contributed by atoms with Gasteiger partial charge in [-0.05, 0) is 32.9 Å². The number of rotatable bonds is 6. The molecular formula is C17H21N5O. The molecule has 2 aromatic rings. The highest BCUT2D eigenvalue weighted by molar-refractivity contribution is 5.93. The number of nitrogens with zero attached hydrogens (tertiary/aromatic N) is 3. The summed E-state index contributed by atoms with van der Waals surface area (Å²) in [7, 11) is 0. The zero-order valence-electron chi connectivity index (χ0n) is 13.7. The number of aryl methyl sites for hydroxylation is 3. The first-order valence-corrected chi connectivity index (χ1v) is 7.39. The van der Waals surface area contributed by atoms with Gasteiger partial charge >= 0.3 is 0 Å². The van der Waals surface area contributed by atoms with Crippen LogP contribution in [0.1, 0.15) is 22.8 Å². The third kappa shape index (κ3) is 4.66. The second-order valence-electron chi connectivity index (χ2n) is 5.48. The molecule has 6 heteroatoms. The average molecular weight is 311 g/mol. The number of carbonyl (C=O) groups excluding carboxylic acids is 1. The Kier molecular flexibility index (Phi) is 5.50. The Morgan fingerprint density at radius 3 is 2.78 bits per heavy atom. The number of aromatic nitrogens is 3. The molecule has 0 radical (unpaired) electrons. The summed E-state index contributed by atoms with van der Waals surface area (Å²) in [6.07, 6.45) is 5.41. The van der Waals surface area contributed by atoms with Crippen molar-refractivity contribution in [1.82, 2.24) is 20.1 Å². The summed E-state index contributed by atoms with van der Waals surface area (Å²) in [6, 6.07) is 5.81. The molecule has 120 valence electrons. The largest absolute Gasteiger partial charge is 0.322 e. The van der Waals surface area contributed by atoms with E-state index in [0.717, 1.165) is 28.5 Å². The van der Waals surface area contributed by atoms with E-state index in [1.165, 1.54) is 0 Å². The zero-order chi connectivity index (χ0) is 16.8. The second kappa shape index (κ2) is 7.56. The number of amides is 1. The van der Waals surface area contributed by atoms with Crippen molar-refractivity contribution in [3.63, 3.8) is 0 Å². The molecule has 6 nitrogen and oxygen atoms in total. The van der Waals surface area contributed by atoms with E-state index in [1.807, 2.05) is 43.9 Å². The lowest BCUT2D eigenvalue weighted by atomic mass is 10.3. The van der Waals surface area contributed by atoms with Crippen molar-refractivity contribution >= 4 is 11.6 Å². The van der Waals surface area contributed by atoms with Crippen molar-refractivity contribution in [2.45, 2.75) is 27.3 Å². The summed E-state index contributed by atoms with van der Waals surface area (Å²) in [5.41, 5.74) is 4.16. The molecule has 0 atom stereocenters. The molecule has 1 amide bonds. The van der Waals surface area contributed by atoms with Crippen LogP contribution in [0.4, 0.5) is 5.69 Å². The summed E-state index contributed by atoms with van der Waals surface area (Å²) in [5, 5.41) is 9.79. The lowest BCUT2D eigenvalue weighted by molar-refractivity contribution is -0.117. The summed E-state index contributed by atoms with van der Waals surface area (Å²) in [4.78, 5) is 18.6. The number of anilines is 1. The average Bonchev–Trinajstić information content (AvgIpc) is 2.79. The predicted octanol–water partition coefficient (Wildman–Crippen LogP) is 1.80. The highest BCUT2D eigenvalue weighted by Crippen LogP contribution is 2.15. The molecule has 2 heterocycles. The number of hydrogen-bond donors (Lipinski definition) is 2. The van der Waals surface area contributed by atoms with Gasteiger partial charge in [-0.15, -0.1) is 6.42 Å². The molecule has 0 aliphatic heterocycles. The minimum atomic E-state index is -0.125. The molecule has 23 heavy (non-hydrogen) atoms. The maximum atomic E-state index is 12.3. The van der Waals surface area contributed by atoms with Gasteiger partial charge in [0.25, 0.3) is 0 Å². The fourth-order valence-electron chi connectivity index (χ4n) is 2.33. The first kappa shape index (κ1) is 16.7. The van der Waals surface area contributed by atoms with Crippen molar-refractivity contribution in [1.29, 1.82) is 0 Å². The summed E-state index contributed by atoms with van der Waals surface area (Å²) >= 11 is 0. The van der Waals surface area contributed by atoms with Crippen LogP contribution >= 0.6 is 0 Å². The smallest absolute Gasteiger partial charge is 0.238 e. The monoisotopic (exact) mass is 311 g/mol. The van der Waals surface area contributed by atoms with Gasteiger partial charge in [0, 0.05) is 12.2 Å². The Labute approximate surface area is 136 Å². The van der Waals surface area contributed by atoms with Crippen LogP contribution in [0.5, 0.6) is 0 Å². The number of H-pyrrole nitrogens is 1. The van der Waals surface area contributed by atoms with Gasteiger partial charge in [-0.25, -0.2) is 0 Å². The number of terminal acetylenes is 1. The van der Waals surface area contributed by atoms with Crippen LogP contribution in [-0.2, 0) is 11.3 Å². The molecule has 0 aromatic carbocycles. The topological polar surface area (TPSA) is 73.9 Å². The molecule has 0 unspecified atom stereocenters. The molecule has 0 aliphatic rings. The van der Waals surface area contributed by atoms with Crippen molar-refractivity contribution < 1.29 is 4.79 Å². The van der Waals surface area contributed by atoms with E-state index in [1.54, 1.807) is 0 Å². The third-order valence-corrected chi connectivity index (χ3v) is 3.41. The van der Waals surface area contributed by atoms with E-state index in [2.05, 4.69) is 26.4 Å². The maximum Gasteiger partial charge on any atom is 0.238 e. The Morgan fingerprint density at radius 1 is 1.39 bits per heavy atom. The van der Waals surface area contributed by atoms with Crippen molar-refractivity contribution in [2.75, 3.05) is 18.4 Å². The standard InChI is InChI=1S/C17H21N5O/c1-5-9-22(10-15-8-6-7-12(2)18-15)11-16(23)19-17-13(3)20-21-14(17)4/h1,6-8H,9-11H2,2-4H3,(H,19,23)(H,20,21). The summed E-state index contributed by atoms with van der Waals surface area (Å²) in [5.74, 6) is 2.46. The first-order valence-electron chi connectivity index (χ1n) is 7.39. The van der Waals surface area contributed by atoms with Gasteiger partial charge in [-0.3, -0.25) is 19.8 Å². The van der Waals surface area contributed by atoms with E-state index < -0.39 is 0 Å². The number of nitrogens with one attached hydrogen (secondary N) is 2. The second-order valence-corrected chi connectivity index (χ2v) is 5.48. The van der Waals surface area contributed by atoms with Crippen LogP contribution in [-0.4, -0.2) is 39.1 Å². The summed E-state index contributed by atoms with van der Waals surface area (Å²) < 4.78 is 0. The Morgan fingerprint density at radius 2 is 2.17 bits per heavy atom. The molecule has 2 aromatic heterocycles. The van der Waals surface area contributed by atoms with Crippen LogP contribution < -0.4 is 5.32 Å². The Hall–Kier alpha value is -2.65. The molecule has 0 aliphatic carbocycles. The third-order valence-electron chi connectivity index (χ3n) is 3.41. The van der Waals surface area contributed by atoms with E-state index >= 15 is 0 Å². The van der Waals surface area contributed by atoms with Crippen molar-refractivity contribution in [3.05, 3.63) is 41.0 Å². The van der Waals surface area contributed by atoms with Crippen molar-refractivity contribution in [2.24, 2.45) is 0 Å². The molecule has 0 bridgehead atoms. The van der Waals surface area contributed by atoms with Gasteiger partial charge in [-0.2, -0.15) is 5.10 Å². The van der Waals surface area contributed by atoms with Gasteiger partial charge in [0.05, 0.1) is 35.9 Å². The molecule has 2 rings (SSSR count). The SMILES string of the molecule is C#CCN(CC(=O)Nc1c(C)n[nH]c1C)Cc1cccc(C)n1. The van der Waals surface area contributed by atoms with E-state index in [0.29, 0.717) is 13.1 Å². The molecule has 0 fully saturated rings. The number of aromatic amines is 1. The molecule has 0 saturated heterocycles. The van der Waals surface area contributed by atoms with Crippen LogP contribution in [0.25, 0.3) is 0 Å². The van der Waals surface area contributed by atoms with Crippen LogP contribution in [0, 0.1) is 33.1 Å². The van der Waals surface area contributed by atoms with Crippen LogP contribution in [0.2, 0.25) is 0 Å². The van der Waals surface area contributed by atoms with E-state index in [9.17, 15) is 4.79 Å². The van der Waals surface area contributed by atoms with E-state index in [4.69, 9.17) is 6.42 Å². The van der Waals surface area contributed by atoms with Gasteiger partial charge in [0.2, 0.25) is 5.91 Å². The van der Waals surface area contributed by atoms with Crippen LogP contribution in [0.15, 0.2) is 18.2 Å². The molecule has 2 N–H and O–H groups in total. The fourth-order valence-corrected chi connectivity index (χ4v) is 2.33. The quantitative estimate of drug-likeness (QED) is 0.798. The van der Waals surface area contributed by atoms with Crippen LogP contribution in [0.3, 0.4) is 0 Å². The highest BCUT2D eigenvalue weighted by atomic mass is 16.2. The molecule has 0 saturated carbocycles. The Balaban J connectivity index is 2.01. The Bertz CT molecular complexity index is 709. The van der Waals surface area contributed by atoms with Gasteiger partial charge in [-0.1, -0.05) is 12.0 Å². The number of hydrogen-bond acceptors (Lipinski definition) is 4. The highest BCUT2D eigenvalue weighted by Gasteiger charge is 2.14. The van der Waals surface area contributed by atoms with Crippen molar-refractivity contribution in [3.8, 4) is 12.3 Å². The lowest BCUT2D eigenvalue weighted by Gasteiger charge is -2.19. The minimum Gasteiger partial charge on any atom is -0.322 e. The lowest BCUT2D eigenvalue weighted by Crippen LogP contribution is -2.33. The molecule has 0 spiro atoms. The number of carbonyl (C=O) groups is 1. The predicted molar refractivity (Wildman–Crippen MR) is 89.8 cm³/mol. The van der Waals surface area contributed by atoms with Gasteiger partial charge in [0.15, 0.2) is 0 Å².